The van der Waals surface area contributed by atoms with Gasteiger partial charge in [-0.05, 0) is 24.4 Å². The second-order valence-corrected chi connectivity index (χ2v) is 5.80. The van der Waals surface area contributed by atoms with Crippen LogP contribution in [0.5, 0.6) is 0 Å². The predicted octanol–water partition coefficient (Wildman–Crippen LogP) is 0.705. The van der Waals surface area contributed by atoms with Crippen molar-refractivity contribution >= 4 is 22.9 Å². The minimum Gasteiger partial charge on any atom is -0.394 e. The van der Waals surface area contributed by atoms with Gasteiger partial charge < -0.3 is 15.8 Å². The molecule has 0 saturated heterocycles. The van der Waals surface area contributed by atoms with Crippen LogP contribution in [0.25, 0.3) is 10.6 Å². The minimum absolute atomic E-state index is 0.0659. The summed E-state index contributed by atoms with van der Waals surface area (Å²) in [6, 6.07) is 5.14. The largest absolute Gasteiger partial charge is 0.394 e. The van der Waals surface area contributed by atoms with Crippen molar-refractivity contribution in [3.63, 3.8) is 0 Å². The molecule has 0 aliphatic heterocycles. The minimum atomic E-state index is -0.477. The lowest BCUT2D eigenvalue weighted by Crippen LogP contribution is -2.40. The number of carbonyl (C=O) groups excluding carboxylic acids is 1. The SMILES string of the molecule is COC[C@H](C)NC(=O)Cn1nc(-c2cccs2)cc(N)c1=O. The van der Waals surface area contributed by atoms with Gasteiger partial charge in [-0.2, -0.15) is 5.10 Å². The Morgan fingerprint density at radius 1 is 1.59 bits per heavy atom. The molecule has 2 aromatic rings. The Balaban J connectivity index is 2.20. The first-order valence-electron chi connectivity index (χ1n) is 6.71. The van der Waals surface area contributed by atoms with Crippen molar-refractivity contribution in [2.24, 2.45) is 0 Å². The first kappa shape index (κ1) is 16.2. The highest BCUT2D eigenvalue weighted by Gasteiger charge is 2.13. The molecule has 8 heteroatoms. The number of anilines is 1. The van der Waals surface area contributed by atoms with E-state index in [4.69, 9.17) is 10.5 Å². The highest BCUT2D eigenvalue weighted by molar-refractivity contribution is 7.13. The molecule has 0 aliphatic carbocycles. The van der Waals surface area contributed by atoms with Crippen molar-refractivity contribution < 1.29 is 9.53 Å². The topological polar surface area (TPSA) is 99.2 Å². The lowest BCUT2D eigenvalue weighted by atomic mass is 10.3. The molecule has 0 unspecified atom stereocenters. The van der Waals surface area contributed by atoms with Gasteiger partial charge in [-0.3, -0.25) is 9.59 Å². The summed E-state index contributed by atoms with van der Waals surface area (Å²) < 4.78 is 6.03. The van der Waals surface area contributed by atoms with Crippen LogP contribution in [0.15, 0.2) is 28.4 Å². The Bertz CT molecular complexity index is 697. The van der Waals surface area contributed by atoms with E-state index in [1.807, 2.05) is 24.4 Å². The maximum Gasteiger partial charge on any atom is 0.290 e. The van der Waals surface area contributed by atoms with E-state index >= 15 is 0 Å². The average molecular weight is 322 g/mol. The number of rotatable bonds is 6. The summed E-state index contributed by atoms with van der Waals surface area (Å²) in [6.07, 6.45) is 0. The fourth-order valence-electron chi connectivity index (χ4n) is 1.96. The van der Waals surface area contributed by atoms with E-state index in [2.05, 4.69) is 10.4 Å². The molecule has 2 rings (SSSR count). The lowest BCUT2D eigenvalue weighted by Gasteiger charge is -2.13. The van der Waals surface area contributed by atoms with E-state index in [-0.39, 0.29) is 24.2 Å². The lowest BCUT2D eigenvalue weighted by molar-refractivity contribution is -0.122. The van der Waals surface area contributed by atoms with Crippen LogP contribution in [0.1, 0.15) is 6.92 Å². The van der Waals surface area contributed by atoms with Gasteiger partial charge in [-0.1, -0.05) is 6.07 Å². The summed E-state index contributed by atoms with van der Waals surface area (Å²) in [4.78, 5) is 24.8. The van der Waals surface area contributed by atoms with Gasteiger partial charge in [-0.15, -0.1) is 11.3 Å². The normalized spacial score (nSPS) is 12.1. The predicted molar refractivity (Wildman–Crippen MR) is 85.7 cm³/mol. The van der Waals surface area contributed by atoms with Gasteiger partial charge in [0.1, 0.15) is 17.9 Å². The van der Waals surface area contributed by atoms with Crippen LogP contribution < -0.4 is 16.6 Å². The quantitative estimate of drug-likeness (QED) is 0.816. The van der Waals surface area contributed by atoms with Crippen LogP contribution in [0.3, 0.4) is 0 Å². The number of nitrogens with two attached hydrogens (primary N) is 1. The van der Waals surface area contributed by atoms with Crippen molar-refractivity contribution in [1.82, 2.24) is 15.1 Å². The van der Waals surface area contributed by atoms with Crippen LogP contribution >= 0.6 is 11.3 Å². The molecule has 1 amide bonds. The number of nitrogens with zero attached hydrogens (tertiary/aromatic N) is 2. The number of carbonyl (C=O) groups is 1. The molecule has 22 heavy (non-hydrogen) atoms. The smallest absolute Gasteiger partial charge is 0.290 e. The van der Waals surface area contributed by atoms with E-state index in [1.165, 1.54) is 17.4 Å². The summed E-state index contributed by atoms with van der Waals surface area (Å²) in [5, 5.41) is 8.84. The van der Waals surface area contributed by atoms with E-state index in [1.54, 1.807) is 7.11 Å². The van der Waals surface area contributed by atoms with Gasteiger partial charge in [0.15, 0.2) is 0 Å². The van der Waals surface area contributed by atoms with E-state index < -0.39 is 5.56 Å². The molecule has 0 aliphatic rings. The van der Waals surface area contributed by atoms with Gasteiger partial charge in [0.25, 0.3) is 5.56 Å². The van der Waals surface area contributed by atoms with Gasteiger partial charge in [0, 0.05) is 13.2 Å². The molecule has 0 radical (unpaired) electrons. The Hall–Kier alpha value is -2.19. The summed E-state index contributed by atoms with van der Waals surface area (Å²) in [5.41, 5.74) is 5.89. The monoisotopic (exact) mass is 322 g/mol. The molecule has 0 fully saturated rings. The zero-order chi connectivity index (χ0) is 16.1. The molecule has 0 bridgehead atoms. The molecule has 118 valence electrons. The third kappa shape index (κ3) is 3.92. The third-order valence-corrected chi connectivity index (χ3v) is 3.79. The van der Waals surface area contributed by atoms with Gasteiger partial charge in [0.05, 0.1) is 11.5 Å². The van der Waals surface area contributed by atoms with Crippen molar-refractivity contribution in [3.8, 4) is 10.6 Å². The van der Waals surface area contributed by atoms with Crippen molar-refractivity contribution in [3.05, 3.63) is 33.9 Å². The zero-order valence-electron chi connectivity index (χ0n) is 12.4. The van der Waals surface area contributed by atoms with E-state index in [0.29, 0.717) is 12.3 Å². The molecule has 0 spiro atoms. The number of thiophene rings is 1. The molecule has 2 aromatic heterocycles. The molecule has 0 saturated carbocycles. The Morgan fingerprint density at radius 3 is 3.00 bits per heavy atom. The Labute approximate surface area is 131 Å². The van der Waals surface area contributed by atoms with Gasteiger partial charge in [0.2, 0.25) is 5.91 Å². The fraction of sp³-hybridized carbons (Fsp3) is 0.357. The molecular weight excluding hydrogens is 304 g/mol. The standard InChI is InChI=1S/C14H18N4O3S/c1-9(8-21-2)16-13(19)7-18-14(20)10(15)6-11(17-18)12-4-3-5-22-12/h3-6,9H,7-8,15H2,1-2H3,(H,16,19)/t9-/m0/s1. The van der Waals surface area contributed by atoms with Crippen molar-refractivity contribution in [2.45, 2.75) is 19.5 Å². The number of hydrogen-bond donors (Lipinski definition) is 2. The van der Waals surface area contributed by atoms with Crippen LogP contribution in [0.2, 0.25) is 0 Å². The number of amides is 1. The first-order valence-corrected chi connectivity index (χ1v) is 7.59. The summed E-state index contributed by atoms with van der Waals surface area (Å²) >= 11 is 1.48. The molecular formula is C14H18N4O3S. The molecule has 7 nitrogen and oxygen atoms in total. The Kier molecular flexibility index (Phi) is 5.29. The molecule has 2 heterocycles. The fourth-order valence-corrected chi connectivity index (χ4v) is 2.64. The number of methoxy groups -OCH3 is 1. The van der Waals surface area contributed by atoms with Crippen molar-refractivity contribution in [1.29, 1.82) is 0 Å². The summed E-state index contributed by atoms with van der Waals surface area (Å²) in [5.74, 6) is -0.318. The second kappa shape index (κ2) is 7.19. The highest BCUT2D eigenvalue weighted by atomic mass is 32.1. The number of hydrogen-bond acceptors (Lipinski definition) is 6. The molecule has 0 aromatic carbocycles. The van der Waals surface area contributed by atoms with Crippen molar-refractivity contribution in [2.75, 3.05) is 19.5 Å². The maximum absolute atomic E-state index is 12.0. The van der Waals surface area contributed by atoms with Gasteiger partial charge >= 0.3 is 0 Å². The van der Waals surface area contributed by atoms with E-state index in [9.17, 15) is 9.59 Å². The zero-order valence-corrected chi connectivity index (χ0v) is 13.2. The molecule has 3 N–H and O–H groups in total. The number of nitrogen functional groups attached to an aromatic ring is 1. The van der Waals surface area contributed by atoms with Crippen LogP contribution in [-0.2, 0) is 16.1 Å². The van der Waals surface area contributed by atoms with Crippen LogP contribution in [0, 0.1) is 0 Å². The average Bonchev–Trinajstić information content (AvgIpc) is 2.97. The summed E-state index contributed by atoms with van der Waals surface area (Å²) in [6.45, 7) is 2.02. The Morgan fingerprint density at radius 2 is 2.36 bits per heavy atom. The van der Waals surface area contributed by atoms with Gasteiger partial charge in [-0.25, -0.2) is 4.68 Å². The second-order valence-electron chi connectivity index (χ2n) is 4.85. The number of nitrogens with one attached hydrogen (secondary N) is 1. The van der Waals surface area contributed by atoms with Crippen LogP contribution in [-0.4, -0.2) is 35.4 Å². The maximum atomic E-state index is 12.0. The number of ether oxygens (including phenoxy) is 1. The summed E-state index contributed by atoms with van der Waals surface area (Å²) in [7, 11) is 1.56. The third-order valence-electron chi connectivity index (χ3n) is 2.89. The molecule has 1 atom stereocenters. The number of aromatic nitrogens is 2. The van der Waals surface area contributed by atoms with Crippen LogP contribution in [0.4, 0.5) is 5.69 Å². The van der Waals surface area contributed by atoms with E-state index in [0.717, 1.165) is 9.56 Å². The highest BCUT2D eigenvalue weighted by Crippen LogP contribution is 2.22. The first-order chi connectivity index (χ1) is 10.5.